The number of rotatable bonds is 3. The molecule has 0 bridgehead atoms. The maximum Gasteiger partial charge on any atom is 0.194 e. The topological polar surface area (TPSA) is 27.6 Å². The fourth-order valence-electron chi connectivity index (χ4n) is 3.25. The summed E-state index contributed by atoms with van der Waals surface area (Å²) >= 11 is 0. The van der Waals surface area contributed by atoms with Crippen molar-refractivity contribution in [2.45, 2.75) is 45.1 Å². The molecule has 1 aromatic rings. The molecular weight excluding hydrogens is 404 g/mol. The highest BCUT2D eigenvalue weighted by molar-refractivity contribution is 14.0. The number of piperidine rings is 1. The van der Waals surface area contributed by atoms with Crippen molar-refractivity contribution in [2.24, 2.45) is 10.9 Å². The highest BCUT2D eigenvalue weighted by Gasteiger charge is 2.41. The lowest BCUT2D eigenvalue weighted by molar-refractivity contribution is 0.273. The second-order valence-electron chi connectivity index (χ2n) is 6.58. The van der Waals surface area contributed by atoms with Crippen LogP contribution < -0.4 is 5.32 Å². The van der Waals surface area contributed by atoms with Crippen LogP contribution in [0.2, 0.25) is 0 Å². The number of nitrogens with one attached hydrogen (secondary N) is 1. The van der Waals surface area contributed by atoms with Crippen molar-refractivity contribution in [3.8, 4) is 0 Å². The number of hydrogen-bond acceptors (Lipinski definition) is 1. The van der Waals surface area contributed by atoms with E-state index in [9.17, 15) is 4.39 Å². The zero-order chi connectivity index (χ0) is 15.5. The molecule has 23 heavy (non-hydrogen) atoms. The predicted molar refractivity (Wildman–Crippen MR) is 104 cm³/mol. The molecule has 2 unspecified atom stereocenters. The van der Waals surface area contributed by atoms with Crippen molar-refractivity contribution in [1.82, 2.24) is 10.2 Å². The molecular formula is C18H27FIN3. The van der Waals surface area contributed by atoms with E-state index in [0.29, 0.717) is 6.04 Å². The van der Waals surface area contributed by atoms with Gasteiger partial charge in [-0.05, 0) is 43.7 Å². The van der Waals surface area contributed by atoms with Gasteiger partial charge < -0.3 is 10.2 Å². The van der Waals surface area contributed by atoms with E-state index in [1.165, 1.54) is 12.8 Å². The minimum atomic E-state index is -0.0856. The summed E-state index contributed by atoms with van der Waals surface area (Å²) in [6, 6.07) is 7.45. The highest BCUT2D eigenvalue weighted by atomic mass is 127. The van der Waals surface area contributed by atoms with E-state index in [-0.39, 0.29) is 35.7 Å². The van der Waals surface area contributed by atoms with Gasteiger partial charge in [0.15, 0.2) is 5.96 Å². The Morgan fingerprint density at radius 3 is 2.65 bits per heavy atom. The van der Waals surface area contributed by atoms with Crippen LogP contribution in [0.4, 0.5) is 4.39 Å². The number of halogens is 2. The molecule has 0 aromatic heterocycles. The summed E-state index contributed by atoms with van der Waals surface area (Å²) in [4.78, 5) is 7.00. The molecule has 128 valence electrons. The monoisotopic (exact) mass is 431 g/mol. The molecule has 1 aromatic carbocycles. The smallest absolute Gasteiger partial charge is 0.194 e. The van der Waals surface area contributed by atoms with E-state index in [1.807, 2.05) is 12.1 Å². The second kappa shape index (κ2) is 8.31. The number of likely N-dealkylation sites (tertiary alicyclic amines) is 1. The number of aliphatic imine (C=N–C) groups is 1. The van der Waals surface area contributed by atoms with Crippen LogP contribution in [-0.2, 0) is 0 Å². The van der Waals surface area contributed by atoms with E-state index < -0.39 is 0 Å². The lowest BCUT2D eigenvalue weighted by Crippen LogP contribution is -2.46. The molecule has 1 N–H and O–H groups in total. The Bertz CT molecular complexity index is 541. The molecule has 0 amide bonds. The summed E-state index contributed by atoms with van der Waals surface area (Å²) in [5, 5.41) is 3.56. The Morgan fingerprint density at radius 1 is 1.30 bits per heavy atom. The van der Waals surface area contributed by atoms with Gasteiger partial charge in [-0.25, -0.2) is 4.39 Å². The van der Waals surface area contributed by atoms with Gasteiger partial charge >= 0.3 is 0 Å². The largest absolute Gasteiger partial charge is 0.353 e. The third-order valence-electron chi connectivity index (χ3n) is 4.80. The molecule has 3 rings (SSSR count). The van der Waals surface area contributed by atoms with Crippen molar-refractivity contribution in [2.75, 3.05) is 19.6 Å². The van der Waals surface area contributed by atoms with Gasteiger partial charge in [-0.3, -0.25) is 4.99 Å². The molecule has 1 heterocycles. The van der Waals surface area contributed by atoms with Crippen LogP contribution in [0.1, 0.15) is 44.6 Å². The predicted octanol–water partition coefficient (Wildman–Crippen LogP) is 4.00. The standard InChI is InChI=1S/C18H26FN3.HI/c1-3-20-18(22-10-8-13(2)9-11-22)21-17-12-15(17)14-6-4-5-7-16(14)19;/h4-7,13,15,17H,3,8-12H2,1-2H3,(H,20,21);1H. The number of hydrogen-bond donors (Lipinski definition) is 1. The molecule has 2 atom stereocenters. The molecule has 2 aliphatic rings. The fourth-order valence-corrected chi connectivity index (χ4v) is 3.25. The fraction of sp³-hybridized carbons (Fsp3) is 0.611. The lowest BCUT2D eigenvalue weighted by Gasteiger charge is -2.33. The summed E-state index contributed by atoms with van der Waals surface area (Å²) in [5.41, 5.74) is 0.836. The molecule has 3 nitrogen and oxygen atoms in total. The van der Waals surface area contributed by atoms with E-state index in [0.717, 1.165) is 43.5 Å². The van der Waals surface area contributed by atoms with Crippen LogP contribution in [-0.4, -0.2) is 36.5 Å². The van der Waals surface area contributed by atoms with Crippen LogP contribution in [0.5, 0.6) is 0 Å². The Balaban J connectivity index is 0.00000192. The lowest BCUT2D eigenvalue weighted by atomic mass is 9.99. The minimum Gasteiger partial charge on any atom is -0.353 e. The van der Waals surface area contributed by atoms with E-state index in [4.69, 9.17) is 0 Å². The van der Waals surface area contributed by atoms with Gasteiger partial charge in [0, 0.05) is 31.6 Å². The molecule has 2 fully saturated rings. The van der Waals surface area contributed by atoms with Gasteiger partial charge in [0.1, 0.15) is 5.82 Å². The highest BCUT2D eigenvalue weighted by Crippen LogP contribution is 2.42. The van der Waals surface area contributed by atoms with E-state index in [1.54, 1.807) is 12.1 Å². The van der Waals surface area contributed by atoms with E-state index >= 15 is 0 Å². The zero-order valence-electron chi connectivity index (χ0n) is 14.0. The molecule has 1 aliphatic heterocycles. The number of guanidine groups is 1. The maximum absolute atomic E-state index is 13.9. The van der Waals surface area contributed by atoms with Crippen LogP contribution in [0.3, 0.4) is 0 Å². The summed E-state index contributed by atoms with van der Waals surface area (Å²) < 4.78 is 13.9. The van der Waals surface area contributed by atoms with Crippen molar-refractivity contribution >= 4 is 29.9 Å². The maximum atomic E-state index is 13.9. The molecule has 1 saturated heterocycles. The average molecular weight is 431 g/mol. The van der Waals surface area contributed by atoms with Gasteiger partial charge in [0.05, 0.1) is 0 Å². The summed E-state index contributed by atoms with van der Waals surface area (Å²) in [5.74, 6) is 2.02. The van der Waals surface area contributed by atoms with Crippen molar-refractivity contribution in [3.05, 3.63) is 35.6 Å². The van der Waals surface area contributed by atoms with Crippen molar-refractivity contribution in [3.63, 3.8) is 0 Å². The first kappa shape index (κ1) is 18.5. The Morgan fingerprint density at radius 2 is 2.00 bits per heavy atom. The molecule has 5 heteroatoms. The Hall–Kier alpha value is -0.850. The number of benzene rings is 1. The van der Waals surface area contributed by atoms with Crippen molar-refractivity contribution in [1.29, 1.82) is 0 Å². The number of nitrogens with zero attached hydrogens (tertiary/aromatic N) is 2. The normalized spacial score (nSPS) is 25.0. The van der Waals surface area contributed by atoms with Crippen LogP contribution in [0, 0.1) is 11.7 Å². The minimum absolute atomic E-state index is 0. The van der Waals surface area contributed by atoms with Crippen LogP contribution in [0.25, 0.3) is 0 Å². The molecule has 1 aliphatic carbocycles. The van der Waals surface area contributed by atoms with Gasteiger partial charge in [-0.15, -0.1) is 24.0 Å². The Kier molecular flexibility index (Phi) is 6.68. The van der Waals surface area contributed by atoms with Gasteiger partial charge in [-0.1, -0.05) is 25.1 Å². The van der Waals surface area contributed by atoms with Gasteiger partial charge in [0.25, 0.3) is 0 Å². The van der Waals surface area contributed by atoms with Gasteiger partial charge in [0.2, 0.25) is 0 Å². The molecule has 1 saturated carbocycles. The summed E-state index contributed by atoms with van der Waals surface area (Å²) in [6.45, 7) is 7.31. The SMILES string of the molecule is CCN=C(NC1CC1c1ccccc1F)N1CCC(C)CC1.I. The average Bonchev–Trinajstić information content (AvgIpc) is 3.27. The first-order chi connectivity index (χ1) is 10.7. The second-order valence-corrected chi connectivity index (χ2v) is 6.58. The quantitative estimate of drug-likeness (QED) is 0.445. The Labute approximate surface area is 155 Å². The zero-order valence-corrected chi connectivity index (χ0v) is 16.3. The van der Waals surface area contributed by atoms with Crippen molar-refractivity contribution < 1.29 is 4.39 Å². The van der Waals surface area contributed by atoms with E-state index in [2.05, 4.69) is 29.1 Å². The van der Waals surface area contributed by atoms with Gasteiger partial charge in [-0.2, -0.15) is 0 Å². The van der Waals surface area contributed by atoms with Crippen LogP contribution in [0.15, 0.2) is 29.3 Å². The summed E-state index contributed by atoms with van der Waals surface area (Å²) in [6.07, 6.45) is 3.45. The molecule has 0 spiro atoms. The first-order valence-electron chi connectivity index (χ1n) is 8.49. The summed E-state index contributed by atoms with van der Waals surface area (Å²) in [7, 11) is 0. The van der Waals surface area contributed by atoms with Crippen LogP contribution >= 0.6 is 24.0 Å². The third-order valence-corrected chi connectivity index (χ3v) is 4.80. The first-order valence-corrected chi connectivity index (χ1v) is 8.49. The third kappa shape index (κ3) is 4.58. The molecule has 0 radical (unpaired) electrons.